The standard InChI is InChI=1S/C12H18N2O4S/c1-13-19(17,18)11-7-3-2-6-10(11)14-9-5-4-8-12(15)16/h2-3,6-7,13-14H,4-5,8-9H2,1H3,(H,15,16). The van der Waals surface area contributed by atoms with Crippen LogP contribution >= 0.6 is 0 Å². The largest absolute Gasteiger partial charge is 0.481 e. The molecule has 0 saturated carbocycles. The first kappa shape index (κ1) is 15.5. The highest BCUT2D eigenvalue weighted by Gasteiger charge is 2.15. The summed E-state index contributed by atoms with van der Waals surface area (Å²) in [5.41, 5.74) is 0.521. The van der Waals surface area contributed by atoms with Crippen LogP contribution in [0.4, 0.5) is 5.69 Å². The molecule has 0 fully saturated rings. The lowest BCUT2D eigenvalue weighted by atomic mass is 10.2. The average molecular weight is 286 g/mol. The van der Waals surface area contributed by atoms with Crippen LogP contribution in [-0.4, -0.2) is 33.1 Å². The number of nitrogens with one attached hydrogen (secondary N) is 2. The highest BCUT2D eigenvalue weighted by molar-refractivity contribution is 7.89. The van der Waals surface area contributed by atoms with Crippen molar-refractivity contribution in [2.24, 2.45) is 0 Å². The summed E-state index contributed by atoms with van der Waals surface area (Å²) in [5, 5.41) is 11.5. The number of sulfonamides is 1. The number of unbranched alkanes of at least 4 members (excludes halogenated alkanes) is 1. The Balaban J connectivity index is 2.62. The Hall–Kier alpha value is -1.60. The van der Waals surface area contributed by atoms with Gasteiger partial charge in [-0.25, -0.2) is 13.1 Å². The summed E-state index contributed by atoms with van der Waals surface area (Å²) >= 11 is 0. The zero-order chi connectivity index (χ0) is 14.3. The van der Waals surface area contributed by atoms with Gasteiger partial charge in [-0.15, -0.1) is 0 Å². The van der Waals surface area contributed by atoms with E-state index in [1.165, 1.54) is 13.1 Å². The van der Waals surface area contributed by atoms with Crippen LogP contribution in [0.15, 0.2) is 29.2 Å². The molecule has 7 heteroatoms. The first-order chi connectivity index (χ1) is 8.97. The number of rotatable bonds is 8. The Labute approximate surface area is 112 Å². The summed E-state index contributed by atoms with van der Waals surface area (Å²) in [6.45, 7) is 0.531. The van der Waals surface area contributed by atoms with Gasteiger partial charge in [0.1, 0.15) is 4.90 Å². The molecule has 0 radical (unpaired) electrons. The van der Waals surface area contributed by atoms with Crippen LogP contribution in [-0.2, 0) is 14.8 Å². The summed E-state index contributed by atoms with van der Waals surface area (Å²) in [4.78, 5) is 10.5. The second-order valence-electron chi connectivity index (χ2n) is 3.98. The molecule has 0 saturated heterocycles. The van der Waals surface area contributed by atoms with Crippen LogP contribution in [0, 0.1) is 0 Å². The van der Waals surface area contributed by atoms with E-state index in [0.717, 1.165) is 0 Å². The maximum Gasteiger partial charge on any atom is 0.303 e. The lowest BCUT2D eigenvalue weighted by molar-refractivity contribution is -0.137. The number of para-hydroxylation sites is 1. The minimum atomic E-state index is -3.49. The van der Waals surface area contributed by atoms with Gasteiger partial charge in [-0.05, 0) is 32.0 Å². The molecule has 1 aromatic rings. The van der Waals surface area contributed by atoms with Crippen LogP contribution in [0.5, 0.6) is 0 Å². The van der Waals surface area contributed by atoms with Crippen molar-refractivity contribution in [1.82, 2.24) is 4.72 Å². The number of hydrogen-bond donors (Lipinski definition) is 3. The Morgan fingerprint density at radius 2 is 1.95 bits per heavy atom. The van der Waals surface area contributed by atoms with Crippen LogP contribution in [0.25, 0.3) is 0 Å². The molecule has 0 bridgehead atoms. The fourth-order valence-corrected chi connectivity index (χ4v) is 2.49. The maximum absolute atomic E-state index is 11.8. The van der Waals surface area contributed by atoms with E-state index in [1.54, 1.807) is 18.2 Å². The molecule has 106 valence electrons. The molecule has 0 unspecified atom stereocenters. The number of anilines is 1. The van der Waals surface area contributed by atoms with E-state index >= 15 is 0 Å². The van der Waals surface area contributed by atoms with Crippen molar-refractivity contribution in [3.05, 3.63) is 24.3 Å². The third kappa shape index (κ3) is 4.88. The Kier molecular flexibility index (Phi) is 5.78. The smallest absolute Gasteiger partial charge is 0.303 e. The molecule has 1 rings (SSSR count). The maximum atomic E-state index is 11.8. The second-order valence-corrected chi connectivity index (χ2v) is 5.84. The van der Waals surface area contributed by atoms with Crippen molar-refractivity contribution in [3.8, 4) is 0 Å². The van der Waals surface area contributed by atoms with Crippen molar-refractivity contribution < 1.29 is 18.3 Å². The average Bonchev–Trinajstić information content (AvgIpc) is 2.38. The molecule has 0 aromatic heterocycles. The van der Waals surface area contributed by atoms with E-state index in [0.29, 0.717) is 25.1 Å². The van der Waals surface area contributed by atoms with Crippen molar-refractivity contribution in [1.29, 1.82) is 0 Å². The Bertz CT molecular complexity index is 528. The van der Waals surface area contributed by atoms with Crippen LogP contribution in [0.1, 0.15) is 19.3 Å². The molecule has 3 N–H and O–H groups in total. The van der Waals surface area contributed by atoms with Gasteiger partial charge in [0, 0.05) is 13.0 Å². The molecule has 0 amide bonds. The summed E-state index contributed by atoms with van der Waals surface area (Å²) in [6, 6.07) is 6.60. The molecular formula is C12H18N2O4S. The SMILES string of the molecule is CNS(=O)(=O)c1ccccc1NCCCCC(=O)O. The van der Waals surface area contributed by atoms with Gasteiger partial charge in [-0.1, -0.05) is 12.1 Å². The third-order valence-corrected chi connectivity index (χ3v) is 4.05. The predicted molar refractivity (Wildman–Crippen MR) is 72.7 cm³/mol. The van der Waals surface area contributed by atoms with Crippen LogP contribution in [0.3, 0.4) is 0 Å². The monoisotopic (exact) mass is 286 g/mol. The predicted octanol–water partition coefficient (Wildman–Crippen LogP) is 1.26. The van der Waals surface area contributed by atoms with Crippen LogP contribution in [0.2, 0.25) is 0 Å². The van der Waals surface area contributed by atoms with Gasteiger partial charge < -0.3 is 10.4 Å². The van der Waals surface area contributed by atoms with Crippen molar-refractivity contribution in [2.75, 3.05) is 18.9 Å². The number of carbonyl (C=O) groups is 1. The lowest BCUT2D eigenvalue weighted by Gasteiger charge is -2.11. The summed E-state index contributed by atoms with van der Waals surface area (Å²) in [6.07, 6.45) is 1.35. The topological polar surface area (TPSA) is 95.5 Å². The number of hydrogen-bond acceptors (Lipinski definition) is 4. The molecule has 0 aliphatic rings. The molecule has 0 aliphatic heterocycles. The molecule has 1 aromatic carbocycles. The quantitative estimate of drug-likeness (QED) is 0.625. The second kappa shape index (κ2) is 7.10. The molecule has 6 nitrogen and oxygen atoms in total. The van der Waals surface area contributed by atoms with Gasteiger partial charge in [0.2, 0.25) is 10.0 Å². The number of benzene rings is 1. The Morgan fingerprint density at radius 1 is 1.26 bits per heavy atom. The van der Waals surface area contributed by atoms with E-state index in [-0.39, 0.29) is 11.3 Å². The summed E-state index contributed by atoms with van der Waals surface area (Å²) in [5.74, 6) is -0.821. The van der Waals surface area contributed by atoms with Crippen LogP contribution < -0.4 is 10.0 Å². The lowest BCUT2D eigenvalue weighted by Crippen LogP contribution is -2.20. The van der Waals surface area contributed by atoms with E-state index < -0.39 is 16.0 Å². The van der Waals surface area contributed by atoms with E-state index in [2.05, 4.69) is 10.0 Å². The normalized spacial score (nSPS) is 11.2. The van der Waals surface area contributed by atoms with E-state index in [9.17, 15) is 13.2 Å². The van der Waals surface area contributed by atoms with Crippen molar-refractivity contribution in [2.45, 2.75) is 24.2 Å². The fraction of sp³-hybridized carbons (Fsp3) is 0.417. The van der Waals surface area contributed by atoms with Gasteiger partial charge in [-0.2, -0.15) is 0 Å². The Morgan fingerprint density at radius 3 is 2.58 bits per heavy atom. The molecule has 0 aliphatic carbocycles. The van der Waals surface area contributed by atoms with Gasteiger partial charge >= 0.3 is 5.97 Å². The summed E-state index contributed by atoms with van der Waals surface area (Å²) in [7, 11) is -2.13. The third-order valence-electron chi connectivity index (χ3n) is 2.58. The van der Waals surface area contributed by atoms with E-state index in [1.807, 2.05) is 0 Å². The summed E-state index contributed by atoms with van der Waals surface area (Å²) < 4.78 is 25.8. The molecule has 0 atom stereocenters. The van der Waals surface area contributed by atoms with Gasteiger partial charge in [0.15, 0.2) is 0 Å². The minimum absolute atomic E-state index is 0.123. The van der Waals surface area contributed by atoms with Crippen molar-refractivity contribution >= 4 is 21.7 Å². The van der Waals surface area contributed by atoms with Crippen molar-refractivity contribution in [3.63, 3.8) is 0 Å². The fourth-order valence-electron chi connectivity index (χ4n) is 1.58. The van der Waals surface area contributed by atoms with E-state index in [4.69, 9.17) is 5.11 Å². The highest BCUT2D eigenvalue weighted by atomic mass is 32.2. The first-order valence-corrected chi connectivity index (χ1v) is 7.44. The molecule has 19 heavy (non-hydrogen) atoms. The first-order valence-electron chi connectivity index (χ1n) is 5.95. The number of carboxylic acids is 1. The molecule has 0 spiro atoms. The molecular weight excluding hydrogens is 268 g/mol. The minimum Gasteiger partial charge on any atom is -0.481 e. The highest BCUT2D eigenvalue weighted by Crippen LogP contribution is 2.20. The zero-order valence-corrected chi connectivity index (χ0v) is 11.5. The van der Waals surface area contributed by atoms with Gasteiger partial charge in [-0.3, -0.25) is 4.79 Å². The van der Waals surface area contributed by atoms with Gasteiger partial charge in [0.05, 0.1) is 5.69 Å². The van der Waals surface area contributed by atoms with Gasteiger partial charge in [0.25, 0.3) is 0 Å². The molecule has 0 heterocycles. The number of carboxylic acid groups (broad SMARTS) is 1. The zero-order valence-electron chi connectivity index (χ0n) is 10.7. The number of aliphatic carboxylic acids is 1.